The van der Waals surface area contributed by atoms with Crippen LogP contribution in [0.5, 0.6) is 0 Å². The van der Waals surface area contributed by atoms with Gasteiger partial charge in [-0.15, -0.1) is 0 Å². The second-order valence-electron chi connectivity index (χ2n) is 7.03. The first-order chi connectivity index (χ1) is 13.0. The maximum atomic E-state index is 10.8. The Hall–Kier alpha value is -1.69. The van der Waals surface area contributed by atoms with E-state index in [1.54, 1.807) is 12.2 Å². The summed E-state index contributed by atoms with van der Waals surface area (Å²) in [4.78, 5) is 10.8. The predicted molar refractivity (Wildman–Crippen MR) is 107 cm³/mol. The minimum Gasteiger partial charge on any atom is -0.481 e. The molecule has 0 aromatic carbocycles. The van der Waals surface area contributed by atoms with Gasteiger partial charge in [0.05, 0.1) is 18.3 Å². The third-order valence-electron chi connectivity index (χ3n) is 4.82. The van der Waals surface area contributed by atoms with Crippen molar-refractivity contribution in [2.75, 3.05) is 0 Å². The third kappa shape index (κ3) is 9.70. The van der Waals surface area contributed by atoms with Crippen molar-refractivity contribution in [3.05, 3.63) is 48.6 Å². The van der Waals surface area contributed by atoms with Crippen LogP contribution < -0.4 is 0 Å². The molecular weight excluding hydrogens is 344 g/mol. The number of carbonyl (C=O) groups is 1. The molecule has 5 heteroatoms. The van der Waals surface area contributed by atoms with Gasteiger partial charge < -0.3 is 20.4 Å². The van der Waals surface area contributed by atoms with Crippen LogP contribution in [-0.4, -0.2) is 44.7 Å². The molecule has 0 saturated heterocycles. The van der Waals surface area contributed by atoms with Crippen LogP contribution >= 0.6 is 0 Å². The molecule has 0 aromatic heterocycles. The van der Waals surface area contributed by atoms with E-state index in [1.165, 1.54) is 0 Å². The molecule has 0 spiro atoms. The number of hydrogen-bond acceptors (Lipinski definition) is 4. The van der Waals surface area contributed by atoms with Crippen molar-refractivity contribution in [3.63, 3.8) is 0 Å². The second-order valence-corrected chi connectivity index (χ2v) is 7.03. The van der Waals surface area contributed by atoms with Gasteiger partial charge in [-0.3, -0.25) is 4.79 Å². The first kappa shape index (κ1) is 23.3. The largest absolute Gasteiger partial charge is 0.481 e. The molecule has 0 aliphatic heterocycles. The zero-order valence-corrected chi connectivity index (χ0v) is 16.2. The highest BCUT2D eigenvalue weighted by molar-refractivity contribution is 5.66. The molecule has 0 aromatic rings. The first-order valence-corrected chi connectivity index (χ1v) is 9.85. The van der Waals surface area contributed by atoms with E-state index in [-0.39, 0.29) is 24.7 Å². The van der Waals surface area contributed by atoms with E-state index in [4.69, 9.17) is 5.11 Å². The van der Waals surface area contributed by atoms with Crippen LogP contribution in [0.1, 0.15) is 51.9 Å². The monoisotopic (exact) mass is 378 g/mol. The van der Waals surface area contributed by atoms with Gasteiger partial charge in [0, 0.05) is 18.8 Å². The lowest BCUT2D eigenvalue weighted by Gasteiger charge is -2.20. The van der Waals surface area contributed by atoms with E-state index in [9.17, 15) is 20.1 Å². The molecule has 1 fully saturated rings. The number of allylic oxidation sites excluding steroid dienone is 5. The van der Waals surface area contributed by atoms with Crippen molar-refractivity contribution in [2.24, 2.45) is 11.8 Å². The van der Waals surface area contributed by atoms with Crippen LogP contribution in [0.2, 0.25) is 0 Å². The standard InChI is InChI=1S/C22H34O5/c1-2-3-4-5-6-7-8-9-10-11-17(23)12-13-18-19(14-15-22(26)27)21(25)16-20(18)24/h3-4,6-7,9-10,12-13,17-21,23-25H,2,5,8,11,14-16H2,1H3,(H,26,27)/b4-3-,7-6+,10-9-,13-12+/t17-,18+,19+,20+,21-/m1/s1. The Kier molecular flexibility index (Phi) is 11.7. The maximum absolute atomic E-state index is 10.8. The zero-order chi connectivity index (χ0) is 20.1. The van der Waals surface area contributed by atoms with E-state index < -0.39 is 24.3 Å². The summed E-state index contributed by atoms with van der Waals surface area (Å²) in [6, 6.07) is 0. The van der Waals surface area contributed by atoms with Crippen molar-refractivity contribution < 1.29 is 25.2 Å². The summed E-state index contributed by atoms with van der Waals surface area (Å²) < 4.78 is 0. The molecule has 1 aliphatic carbocycles. The fourth-order valence-corrected chi connectivity index (χ4v) is 3.35. The molecular formula is C22H34O5. The van der Waals surface area contributed by atoms with Crippen molar-refractivity contribution in [1.82, 2.24) is 0 Å². The number of rotatable bonds is 12. The average molecular weight is 379 g/mol. The fourth-order valence-electron chi connectivity index (χ4n) is 3.35. The summed E-state index contributed by atoms with van der Waals surface area (Å²) in [6.07, 6.45) is 17.5. The van der Waals surface area contributed by atoms with Crippen molar-refractivity contribution in [3.8, 4) is 0 Å². The lowest BCUT2D eigenvalue weighted by Crippen LogP contribution is -2.22. The van der Waals surface area contributed by atoms with Gasteiger partial charge in [-0.2, -0.15) is 0 Å². The van der Waals surface area contributed by atoms with E-state index in [2.05, 4.69) is 31.2 Å². The molecule has 152 valence electrons. The first-order valence-electron chi connectivity index (χ1n) is 9.85. The minimum absolute atomic E-state index is 0.0359. The summed E-state index contributed by atoms with van der Waals surface area (Å²) >= 11 is 0. The molecule has 0 bridgehead atoms. The summed E-state index contributed by atoms with van der Waals surface area (Å²) in [7, 11) is 0. The van der Waals surface area contributed by atoms with Gasteiger partial charge >= 0.3 is 5.97 Å². The van der Waals surface area contributed by atoms with E-state index >= 15 is 0 Å². The van der Waals surface area contributed by atoms with Gasteiger partial charge in [-0.1, -0.05) is 55.5 Å². The Bertz CT molecular complexity index is 535. The Balaban J connectivity index is 2.39. The molecule has 27 heavy (non-hydrogen) atoms. The molecule has 0 amide bonds. The van der Waals surface area contributed by atoms with Crippen molar-refractivity contribution >= 4 is 5.97 Å². The average Bonchev–Trinajstić information content (AvgIpc) is 2.89. The van der Waals surface area contributed by atoms with Crippen LogP contribution in [0, 0.1) is 11.8 Å². The third-order valence-corrected chi connectivity index (χ3v) is 4.82. The molecule has 1 aliphatic rings. The Labute approximate surface area is 162 Å². The van der Waals surface area contributed by atoms with Gasteiger partial charge in [0.25, 0.3) is 0 Å². The van der Waals surface area contributed by atoms with Gasteiger partial charge in [-0.25, -0.2) is 0 Å². The number of aliphatic carboxylic acids is 1. The smallest absolute Gasteiger partial charge is 0.303 e. The van der Waals surface area contributed by atoms with Gasteiger partial charge in [0.2, 0.25) is 0 Å². The van der Waals surface area contributed by atoms with Crippen LogP contribution in [0.3, 0.4) is 0 Å². The fraction of sp³-hybridized carbons (Fsp3) is 0.591. The molecule has 0 heterocycles. The molecule has 5 nitrogen and oxygen atoms in total. The molecule has 1 saturated carbocycles. The Morgan fingerprint density at radius 1 is 1.04 bits per heavy atom. The maximum Gasteiger partial charge on any atom is 0.303 e. The molecule has 5 atom stereocenters. The number of aliphatic hydroxyl groups is 3. The van der Waals surface area contributed by atoms with Crippen molar-refractivity contribution in [2.45, 2.75) is 70.2 Å². The Morgan fingerprint density at radius 2 is 1.67 bits per heavy atom. The highest BCUT2D eigenvalue weighted by atomic mass is 16.4. The molecule has 4 N–H and O–H groups in total. The van der Waals surface area contributed by atoms with Crippen LogP contribution in [0.15, 0.2) is 48.6 Å². The van der Waals surface area contributed by atoms with Crippen molar-refractivity contribution in [1.29, 1.82) is 0 Å². The SMILES string of the molecule is CC/C=C\C/C=C/C/C=C\C[C@@H](O)/C=C/[C@H]1[C@H](CCC(=O)O)[C@H](O)C[C@@H]1O. The second kappa shape index (κ2) is 13.5. The summed E-state index contributed by atoms with van der Waals surface area (Å²) in [6.45, 7) is 2.11. The van der Waals surface area contributed by atoms with Gasteiger partial charge in [0.1, 0.15) is 0 Å². The van der Waals surface area contributed by atoms with Crippen LogP contribution in [0.4, 0.5) is 0 Å². The topological polar surface area (TPSA) is 98.0 Å². The highest BCUT2D eigenvalue weighted by Crippen LogP contribution is 2.36. The number of carboxylic acid groups (broad SMARTS) is 1. The van der Waals surface area contributed by atoms with Gasteiger partial charge in [-0.05, 0) is 38.0 Å². The highest BCUT2D eigenvalue weighted by Gasteiger charge is 2.40. The summed E-state index contributed by atoms with van der Waals surface area (Å²) in [5.74, 6) is -1.52. The quantitative estimate of drug-likeness (QED) is 0.390. The normalized spacial score (nSPS) is 27.6. The van der Waals surface area contributed by atoms with E-state index in [1.807, 2.05) is 12.2 Å². The van der Waals surface area contributed by atoms with E-state index in [0.29, 0.717) is 12.8 Å². The zero-order valence-electron chi connectivity index (χ0n) is 16.2. The van der Waals surface area contributed by atoms with Gasteiger partial charge in [0.15, 0.2) is 0 Å². The Morgan fingerprint density at radius 3 is 2.30 bits per heavy atom. The summed E-state index contributed by atoms with van der Waals surface area (Å²) in [5, 5.41) is 39.0. The molecule has 1 rings (SSSR count). The molecule has 0 radical (unpaired) electrons. The number of hydrogen-bond donors (Lipinski definition) is 4. The minimum atomic E-state index is -0.910. The van der Waals surface area contributed by atoms with Crippen LogP contribution in [-0.2, 0) is 4.79 Å². The number of aliphatic hydroxyl groups excluding tert-OH is 3. The van der Waals surface area contributed by atoms with Crippen LogP contribution in [0.25, 0.3) is 0 Å². The molecule has 0 unspecified atom stereocenters. The lowest BCUT2D eigenvalue weighted by molar-refractivity contribution is -0.137. The predicted octanol–water partition coefficient (Wildman–Crippen LogP) is 3.38. The number of carboxylic acids is 1. The van der Waals surface area contributed by atoms with E-state index in [0.717, 1.165) is 19.3 Å². The summed E-state index contributed by atoms with van der Waals surface area (Å²) in [5.41, 5.74) is 0. The lowest BCUT2D eigenvalue weighted by atomic mass is 9.88.